The molecular formula is C16H20F3N3OS. The van der Waals surface area contributed by atoms with Crippen molar-refractivity contribution in [2.45, 2.75) is 19.8 Å². The summed E-state index contributed by atoms with van der Waals surface area (Å²) in [5, 5.41) is 2.98. The van der Waals surface area contributed by atoms with Crippen LogP contribution in [0.25, 0.3) is 0 Å². The molecule has 4 nitrogen and oxygen atoms in total. The molecule has 0 aromatic heterocycles. The van der Waals surface area contributed by atoms with E-state index in [1.165, 1.54) is 0 Å². The van der Waals surface area contributed by atoms with Crippen molar-refractivity contribution in [2.75, 3.05) is 25.9 Å². The van der Waals surface area contributed by atoms with E-state index in [0.29, 0.717) is 31.1 Å². The minimum absolute atomic E-state index is 0.00150. The van der Waals surface area contributed by atoms with Crippen LogP contribution in [0.5, 0.6) is 0 Å². The van der Waals surface area contributed by atoms with E-state index in [9.17, 15) is 18.0 Å². The number of piperidine rings is 1. The Labute approximate surface area is 143 Å². The average molecular weight is 359 g/mol. The van der Waals surface area contributed by atoms with E-state index in [1.807, 2.05) is 0 Å². The molecule has 0 radical (unpaired) electrons. The number of amidine groups is 1. The van der Waals surface area contributed by atoms with Crippen LogP contribution in [0.2, 0.25) is 0 Å². The van der Waals surface area contributed by atoms with Crippen LogP contribution in [-0.2, 0) is 4.79 Å². The number of aliphatic imine (C=N–C) groups is 1. The summed E-state index contributed by atoms with van der Waals surface area (Å²) in [6.45, 7) is 3.59. The lowest BCUT2D eigenvalue weighted by atomic mass is 9.99. The van der Waals surface area contributed by atoms with Crippen LogP contribution in [-0.4, -0.2) is 41.9 Å². The van der Waals surface area contributed by atoms with E-state index in [4.69, 9.17) is 0 Å². The summed E-state index contributed by atoms with van der Waals surface area (Å²) in [6.07, 6.45) is 3.61. The molecular weight excluding hydrogens is 339 g/mol. The molecule has 1 fully saturated rings. The van der Waals surface area contributed by atoms with Gasteiger partial charge in [0.1, 0.15) is 11.5 Å². The van der Waals surface area contributed by atoms with E-state index >= 15 is 0 Å². The first-order valence-electron chi connectivity index (χ1n) is 7.69. The maximum Gasteiger partial charge on any atom is 0.241 e. The Morgan fingerprint density at radius 1 is 1.29 bits per heavy atom. The smallest absolute Gasteiger partial charge is 0.241 e. The highest BCUT2D eigenvalue weighted by Gasteiger charge is 2.20. The number of nitrogens with one attached hydrogen (secondary N) is 1. The zero-order valence-electron chi connectivity index (χ0n) is 13.6. The second-order valence-electron chi connectivity index (χ2n) is 5.76. The Balaban J connectivity index is 2.00. The first-order valence-corrected chi connectivity index (χ1v) is 8.92. The van der Waals surface area contributed by atoms with Crippen LogP contribution < -0.4 is 5.32 Å². The van der Waals surface area contributed by atoms with Gasteiger partial charge in [-0.2, -0.15) is 0 Å². The number of halogens is 3. The average Bonchev–Trinajstić information content (AvgIpc) is 2.54. The summed E-state index contributed by atoms with van der Waals surface area (Å²) in [6, 6.07) is 1.14. The number of benzene rings is 1. The lowest BCUT2D eigenvalue weighted by molar-refractivity contribution is -0.131. The third-order valence-corrected chi connectivity index (χ3v) is 4.54. The Morgan fingerprint density at radius 2 is 1.88 bits per heavy atom. The predicted molar refractivity (Wildman–Crippen MR) is 89.9 cm³/mol. The van der Waals surface area contributed by atoms with Crippen LogP contribution in [0.4, 0.5) is 18.9 Å². The van der Waals surface area contributed by atoms with E-state index < -0.39 is 23.1 Å². The highest BCUT2D eigenvalue weighted by molar-refractivity contribution is 8.13. The molecule has 1 aromatic carbocycles. The summed E-state index contributed by atoms with van der Waals surface area (Å²) in [4.78, 5) is 17.8. The number of hydrogen-bond donors (Lipinski definition) is 1. The minimum Gasteiger partial charge on any atom is -0.356 e. The van der Waals surface area contributed by atoms with Gasteiger partial charge in [0.15, 0.2) is 16.8 Å². The third kappa shape index (κ3) is 4.90. The number of thioether (sulfide) groups is 1. The van der Waals surface area contributed by atoms with E-state index in [1.54, 1.807) is 11.2 Å². The maximum absolute atomic E-state index is 13.6. The zero-order valence-corrected chi connectivity index (χ0v) is 14.4. The van der Waals surface area contributed by atoms with Crippen LogP contribution in [0, 0.1) is 23.4 Å². The van der Waals surface area contributed by atoms with Gasteiger partial charge < -0.3 is 10.2 Å². The number of carbonyl (C=O) groups excluding carboxylic acids is 1. The van der Waals surface area contributed by atoms with Gasteiger partial charge in [-0.05, 0) is 25.0 Å². The van der Waals surface area contributed by atoms with Crippen molar-refractivity contribution in [2.24, 2.45) is 10.9 Å². The van der Waals surface area contributed by atoms with Crippen molar-refractivity contribution in [3.05, 3.63) is 29.6 Å². The predicted octanol–water partition coefficient (Wildman–Crippen LogP) is 3.30. The lowest BCUT2D eigenvalue weighted by Gasteiger charge is -2.30. The normalized spacial score (nSPS) is 16.4. The standard InChI is InChI=1S/C16H20F3N3OS/c1-10-3-5-22(6-4-10)14(23)9-20-16(24-2)21-15-12(18)7-11(17)8-13(15)19/h7-8,10H,3-6,9H2,1-2H3,(H,20,21). The van der Waals surface area contributed by atoms with Crippen LogP contribution in [0.15, 0.2) is 17.1 Å². The van der Waals surface area contributed by atoms with Crippen LogP contribution in [0.3, 0.4) is 0 Å². The molecule has 0 saturated carbocycles. The number of amides is 1. The first-order chi connectivity index (χ1) is 11.4. The van der Waals surface area contributed by atoms with Crippen molar-refractivity contribution in [3.8, 4) is 0 Å². The molecule has 2 rings (SSSR count). The molecule has 1 aliphatic heterocycles. The Hall–Kier alpha value is -1.70. The van der Waals surface area contributed by atoms with Crippen molar-refractivity contribution < 1.29 is 18.0 Å². The van der Waals surface area contributed by atoms with Crippen LogP contribution in [0.1, 0.15) is 19.8 Å². The number of hydrogen-bond acceptors (Lipinski definition) is 3. The molecule has 0 atom stereocenters. The second-order valence-corrected chi connectivity index (χ2v) is 6.55. The Bertz CT molecular complexity index is 608. The molecule has 1 aromatic rings. The van der Waals surface area contributed by atoms with Gasteiger partial charge in [-0.25, -0.2) is 18.2 Å². The molecule has 1 saturated heterocycles. The van der Waals surface area contributed by atoms with Gasteiger partial charge in [-0.15, -0.1) is 0 Å². The fourth-order valence-corrected chi connectivity index (χ4v) is 2.82. The van der Waals surface area contributed by atoms with Gasteiger partial charge >= 0.3 is 0 Å². The van der Waals surface area contributed by atoms with Crippen molar-refractivity contribution in [1.29, 1.82) is 0 Å². The Morgan fingerprint density at radius 3 is 2.42 bits per heavy atom. The Kier molecular flexibility index (Phi) is 6.53. The zero-order chi connectivity index (χ0) is 17.7. The fraction of sp³-hybridized carbons (Fsp3) is 0.500. The molecule has 1 N–H and O–H groups in total. The van der Waals surface area contributed by atoms with Crippen molar-refractivity contribution in [1.82, 2.24) is 10.2 Å². The van der Waals surface area contributed by atoms with Crippen LogP contribution >= 0.6 is 11.8 Å². The summed E-state index contributed by atoms with van der Waals surface area (Å²) >= 11 is 1.12. The summed E-state index contributed by atoms with van der Waals surface area (Å²) < 4.78 is 40.2. The molecule has 132 valence electrons. The molecule has 0 aliphatic carbocycles. The van der Waals surface area contributed by atoms with E-state index in [-0.39, 0.29) is 17.6 Å². The van der Waals surface area contributed by atoms with Crippen molar-refractivity contribution >= 4 is 28.5 Å². The summed E-state index contributed by atoms with van der Waals surface area (Å²) in [5.41, 5.74) is -0.576. The molecule has 1 amide bonds. The van der Waals surface area contributed by atoms with E-state index in [2.05, 4.69) is 17.2 Å². The fourth-order valence-electron chi connectivity index (χ4n) is 2.42. The molecule has 8 heteroatoms. The SMILES string of the molecule is CS/C(=N\c1c(F)cc(F)cc1F)NCC(=O)N1CCC(C)CC1. The van der Waals surface area contributed by atoms with E-state index in [0.717, 1.165) is 24.6 Å². The van der Waals surface area contributed by atoms with Gasteiger partial charge in [0, 0.05) is 25.2 Å². The number of nitrogens with zero attached hydrogens (tertiary/aromatic N) is 2. The quantitative estimate of drug-likeness (QED) is 0.665. The highest BCUT2D eigenvalue weighted by atomic mass is 32.2. The molecule has 1 aliphatic rings. The highest BCUT2D eigenvalue weighted by Crippen LogP contribution is 2.24. The third-order valence-electron chi connectivity index (χ3n) is 3.92. The summed E-state index contributed by atoms with van der Waals surface area (Å²) in [5.74, 6) is -2.63. The molecule has 1 heterocycles. The van der Waals surface area contributed by atoms with Gasteiger partial charge in [0.2, 0.25) is 5.91 Å². The maximum atomic E-state index is 13.6. The number of likely N-dealkylation sites (tertiary alicyclic amines) is 1. The van der Waals surface area contributed by atoms with Gasteiger partial charge in [0.25, 0.3) is 0 Å². The van der Waals surface area contributed by atoms with Crippen molar-refractivity contribution in [3.63, 3.8) is 0 Å². The lowest BCUT2D eigenvalue weighted by Crippen LogP contribution is -2.43. The largest absolute Gasteiger partial charge is 0.356 e. The summed E-state index contributed by atoms with van der Waals surface area (Å²) in [7, 11) is 0. The molecule has 24 heavy (non-hydrogen) atoms. The molecule has 0 spiro atoms. The number of carbonyl (C=O) groups is 1. The van der Waals surface area contributed by atoms with Gasteiger partial charge in [-0.3, -0.25) is 4.79 Å². The van der Waals surface area contributed by atoms with Gasteiger partial charge in [0.05, 0.1) is 6.54 Å². The topological polar surface area (TPSA) is 44.7 Å². The second kappa shape index (κ2) is 8.41. The number of rotatable bonds is 3. The monoisotopic (exact) mass is 359 g/mol. The molecule has 0 unspecified atom stereocenters. The van der Waals surface area contributed by atoms with Gasteiger partial charge in [-0.1, -0.05) is 18.7 Å². The first kappa shape index (κ1) is 18.6. The minimum atomic E-state index is -1.09. The molecule has 0 bridgehead atoms.